The number of carbonyl (C=O) groups excluding carboxylic acids is 3. The lowest BCUT2D eigenvalue weighted by Gasteiger charge is -2.08. The van der Waals surface area contributed by atoms with Crippen molar-refractivity contribution in [2.45, 2.75) is 72.4 Å². The number of hydrogen-bond donors (Lipinski definition) is 4. The number of aromatic nitrogens is 13. The molecule has 15 aromatic rings. The zero-order valence-electron chi connectivity index (χ0n) is 56.8. The van der Waals surface area contributed by atoms with Gasteiger partial charge in [-0.15, -0.1) is 11.3 Å². The molecule has 9 heterocycles. The molecular formula is C74H56ClF9N18O5S. The summed E-state index contributed by atoms with van der Waals surface area (Å²) in [5.41, 5.74) is 14.4. The first-order valence-electron chi connectivity index (χ1n) is 32.2. The lowest BCUT2D eigenvalue weighted by Crippen LogP contribution is -2.13. The van der Waals surface area contributed by atoms with E-state index in [9.17, 15) is 53.9 Å². The number of fused-ring (bicyclic) bond motifs is 4. The zero-order valence-corrected chi connectivity index (χ0v) is 58.4. The van der Waals surface area contributed by atoms with Gasteiger partial charge in [0.05, 0.1) is 116 Å². The van der Waals surface area contributed by atoms with E-state index in [0.717, 1.165) is 64.1 Å². The predicted octanol–water partition coefficient (Wildman–Crippen LogP) is 16.7. The molecule has 6 aromatic carbocycles. The van der Waals surface area contributed by atoms with Crippen LogP contribution >= 0.6 is 22.9 Å². The van der Waals surface area contributed by atoms with Crippen molar-refractivity contribution >= 4 is 108 Å². The first kappa shape index (κ1) is 74.6. The number of alkyl halides is 9. The molecule has 0 aliphatic rings. The Labute approximate surface area is 614 Å². The van der Waals surface area contributed by atoms with E-state index in [1.807, 2.05) is 72.3 Å². The summed E-state index contributed by atoms with van der Waals surface area (Å²) >= 11 is 7.26. The first-order valence-corrected chi connectivity index (χ1v) is 33.5. The average Bonchev–Trinajstić information content (AvgIpc) is 1.64. The molecule has 0 unspecified atom stereocenters. The van der Waals surface area contributed by atoms with E-state index in [0.29, 0.717) is 106 Å². The molecule has 5 N–H and O–H groups in total. The average molecular weight is 1520 g/mol. The van der Waals surface area contributed by atoms with Gasteiger partial charge in [-0.25, -0.2) is 19.6 Å². The second kappa shape index (κ2) is 31.3. The van der Waals surface area contributed by atoms with Gasteiger partial charge in [0.1, 0.15) is 16.7 Å². The third kappa shape index (κ3) is 17.2. The number of aryl methyl sites for hydroxylation is 4. The molecule has 0 bridgehead atoms. The van der Waals surface area contributed by atoms with E-state index in [4.69, 9.17) is 31.5 Å². The Bertz CT molecular complexity index is 5820. The van der Waals surface area contributed by atoms with Gasteiger partial charge in [0.2, 0.25) is 5.76 Å². The lowest BCUT2D eigenvalue weighted by atomic mass is 10.1. The predicted molar refractivity (Wildman–Crippen MR) is 384 cm³/mol. The van der Waals surface area contributed by atoms with Crippen LogP contribution in [-0.2, 0) is 44.7 Å². The van der Waals surface area contributed by atoms with Crippen LogP contribution in [-0.4, -0.2) is 81.9 Å². The summed E-state index contributed by atoms with van der Waals surface area (Å²) in [4.78, 5) is 54.4. The third-order valence-electron chi connectivity index (χ3n) is 16.5. The van der Waals surface area contributed by atoms with E-state index in [2.05, 4.69) is 67.5 Å². The number of nitrogens with two attached hydrogens (primary N) is 1. The molecule has 15 rings (SSSR count). The summed E-state index contributed by atoms with van der Waals surface area (Å²) in [6.45, 7) is 8.18. The number of anilines is 4. The largest absolute Gasteiger partial charge is 0.438 e. The van der Waals surface area contributed by atoms with Crippen molar-refractivity contribution in [1.29, 1.82) is 5.26 Å². The van der Waals surface area contributed by atoms with E-state index < -0.39 is 41.1 Å². The van der Waals surface area contributed by atoms with Crippen LogP contribution in [0, 0.1) is 39.0 Å². The van der Waals surface area contributed by atoms with Crippen LogP contribution in [0.2, 0.25) is 5.02 Å². The van der Waals surface area contributed by atoms with Gasteiger partial charge < -0.3 is 30.6 Å². The number of carbonyl (C=O) groups is 3. The second-order valence-electron chi connectivity index (χ2n) is 24.0. The Morgan fingerprint density at radius 2 is 1.01 bits per heavy atom. The fraction of sp³-hybridized carbons (Fsp3) is 0.149. The van der Waals surface area contributed by atoms with E-state index in [-0.39, 0.29) is 43.0 Å². The number of pyridine rings is 2. The first-order chi connectivity index (χ1) is 51.6. The molecule has 548 valence electrons. The Morgan fingerprint density at radius 3 is 1.48 bits per heavy atom. The molecule has 23 nitrogen and oxygen atoms in total. The van der Waals surface area contributed by atoms with Crippen molar-refractivity contribution in [1.82, 2.24) is 64.2 Å². The van der Waals surface area contributed by atoms with Gasteiger partial charge in [-0.05, 0) is 135 Å². The van der Waals surface area contributed by atoms with Crippen LogP contribution in [0.1, 0.15) is 97.9 Å². The van der Waals surface area contributed by atoms with Crippen molar-refractivity contribution in [3.8, 4) is 6.07 Å². The van der Waals surface area contributed by atoms with E-state index in [1.165, 1.54) is 66.6 Å². The summed E-state index contributed by atoms with van der Waals surface area (Å²) in [5.74, 6) is 0.366. The maximum absolute atomic E-state index is 12.8. The molecule has 0 fully saturated rings. The van der Waals surface area contributed by atoms with Gasteiger partial charge in [-0.1, -0.05) is 89.6 Å². The van der Waals surface area contributed by atoms with Gasteiger partial charge in [-0.2, -0.15) is 65.2 Å². The normalized spacial score (nSPS) is 11.5. The van der Waals surface area contributed by atoms with Crippen molar-refractivity contribution in [3.63, 3.8) is 0 Å². The third-order valence-corrected chi connectivity index (χ3v) is 17.8. The fourth-order valence-corrected chi connectivity index (χ4v) is 12.0. The molecular weight excluding hydrogens is 1460 g/mol. The highest BCUT2D eigenvalue weighted by atomic mass is 35.5. The number of hydrogen-bond acceptors (Lipinski definition) is 17. The van der Waals surface area contributed by atoms with Crippen molar-refractivity contribution in [2.24, 2.45) is 0 Å². The van der Waals surface area contributed by atoms with Crippen molar-refractivity contribution in [3.05, 3.63) is 277 Å². The molecule has 108 heavy (non-hydrogen) atoms. The fourth-order valence-electron chi connectivity index (χ4n) is 11.1. The number of thiazole rings is 1. The second-order valence-corrected chi connectivity index (χ2v) is 25.3. The highest BCUT2D eigenvalue weighted by molar-refractivity contribution is 7.12. The zero-order chi connectivity index (χ0) is 76.8. The smallest absolute Gasteiger partial charge is 0.416 e. The molecule has 0 atom stereocenters. The van der Waals surface area contributed by atoms with Crippen LogP contribution in [0.5, 0.6) is 0 Å². The number of rotatable bonds is 14. The highest BCUT2D eigenvalue weighted by Crippen LogP contribution is 2.35. The molecule has 9 aromatic heterocycles. The number of oxazole rings is 1. The molecule has 0 spiro atoms. The monoisotopic (exact) mass is 1510 g/mol. The van der Waals surface area contributed by atoms with Gasteiger partial charge in [0.15, 0.2) is 35.3 Å². The van der Waals surface area contributed by atoms with Gasteiger partial charge in [0, 0.05) is 22.7 Å². The minimum atomic E-state index is -4.39. The standard InChI is InChI=1S/C20H16F3N5OS.C20H15F3N4O2.C20H15N5O2.C14H10ClF3N4/c1-11-3-8-15-17(26-19(29)16-12(2)24-10-30-16)27-28(18(15)25-11)9-13-4-6-14(7-5-13)20(21,22)23;1-12-17(29-11-24-12)19(28)25-18-15-4-2-3-5-16(15)27(26-18)10-13-6-8-14(9-7-13)20(21,22)23;1-13-17(12-27-24-13)20(26)22-19-16-4-2-3-5-18(16)25(23-19)11-15-8-6-14(10-21)7-9-15;15-10-5-20-6-11-12(10)13(19)21-22(11)7-8-1-3-9(4-2-8)14(16,17)18/h3-8,10H,9H2,1-2H3,(H,26,27,29);2-9,11H,10H2,1H3,(H,25,26,28);2-9,12H,11H2,1H3,(H,22,23,26);1-6H,7H2,(H2,19,21). The van der Waals surface area contributed by atoms with Crippen molar-refractivity contribution in [2.75, 3.05) is 21.7 Å². The van der Waals surface area contributed by atoms with E-state index >= 15 is 0 Å². The number of nitrogens with one attached hydrogen (secondary N) is 3. The number of benzene rings is 6. The molecule has 34 heteroatoms. The number of amides is 3. The summed E-state index contributed by atoms with van der Waals surface area (Å²) in [7, 11) is 0. The Hall–Kier alpha value is -13.1. The van der Waals surface area contributed by atoms with Crippen LogP contribution < -0.4 is 21.7 Å². The molecule has 0 radical (unpaired) electrons. The van der Waals surface area contributed by atoms with Crippen LogP contribution in [0.15, 0.2) is 197 Å². The Balaban J connectivity index is 0.000000135. The maximum atomic E-state index is 12.8. The number of nitrogen functional groups attached to an aromatic ring is 1. The van der Waals surface area contributed by atoms with Gasteiger partial charge in [0.25, 0.3) is 17.7 Å². The topological polar surface area (TPSA) is 299 Å². The highest BCUT2D eigenvalue weighted by Gasteiger charge is 2.33. The maximum Gasteiger partial charge on any atom is 0.416 e. The number of para-hydroxylation sites is 2. The summed E-state index contributed by atoms with van der Waals surface area (Å²) in [6, 6.07) is 42.7. The Kier molecular flexibility index (Phi) is 21.6. The number of halogens is 10. The quantitative estimate of drug-likeness (QED) is 0.0736. The minimum Gasteiger partial charge on any atom is -0.438 e. The SMILES string of the molecule is Cc1ccc2c(NC(=O)c3scnc3C)nn(Cc3ccc(C(F)(F)F)cc3)c2n1.Cc1ncoc1C(=O)Nc1nn(Cc2ccc(C(F)(F)F)cc2)c2ccccc12.Cc1nocc1C(=O)Nc1nn(Cc2ccc(C#N)cc2)c2ccccc12.Nc1nn(Cc2ccc(C(F)(F)F)cc2)c2cncc(Cl)c12. The summed E-state index contributed by atoms with van der Waals surface area (Å²) in [6.07, 6.45) is -7.58. The molecule has 0 saturated carbocycles. The molecule has 3 amide bonds. The molecule has 0 saturated heterocycles. The van der Waals surface area contributed by atoms with Crippen LogP contribution in [0.3, 0.4) is 0 Å². The molecule has 0 aliphatic carbocycles. The van der Waals surface area contributed by atoms with E-state index in [1.54, 1.807) is 70.8 Å². The summed E-state index contributed by atoms with van der Waals surface area (Å²) in [5, 5.41) is 41.8. The summed E-state index contributed by atoms with van der Waals surface area (Å²) < 4.78 is 131. The number of nitrogens with zero attached hydrogens (tertiary/aromatic N) is 14. The molecule has 0 aliphatic heterocycles. The lowest BCUT2D eigenvalue weighted by molar-refractivity contribution is -0.138. The van der Waals surface area contributed by atoms with Crippen LogP contribution in [0.4, 0.5) is 62.8 Å². The Morgan fingerprint density at radius 1 is 0.537 bits per heavy atom. The van der Waals surface area contributed by atoms with Gasteiger partial charge >= 0.3 is 18.5 Å². The van der Waals surface area contributed by atoms with Crippen molar-refractivity contribution < 1.29 is 62.8 Å². The van der Waals surface area contributed by atoms with Crippen LogP contribution in [0.25, 0.3) is 43.7 Å². The van der Waals surface area contributed by atoms with Gasteiger partial charge in [-0.3, -0.25) is 33.4 Å². The minimum absolute atomic E-state index is 0.0892. The number of nitriles is 1.